The number of amides is 1. The van der Waals surface area contributed by atoms with Gasteiger partial charge in [0, 0.05) is 13.1 Å². The van der Waals surface area contributed by atoms with Gasteiger partial charge in [-0.15, -0.1) is 5.10 Å². The first-order valence-electron chi connectivity index (χ1n) is 5.52. The number of hydrogen-bond acceptors (Lipinski definition) is 5. The van der Waals surface area contributed by atoms with Crippen LogP contribution in [-0.4, -0.2) is 33.1 Å². The Morgan fingerprint density at radius 1 is 1.53 bits per heavy atom. The Labute approximate surface area is 113 Å². The number of esters is 1. The van der Waals surface area contributed by atoms with Crippen molar-refractivity contribution in [3.8, 4) is 0 Å². The average Bonchev–Trinajstić information content (AvgIpc) is 2.65. The summed E-state index contributed by atoms with van der Waals surface area (Å²) < 4.78 is 6.28. The number of halogens is 1. The van der Waals surface area contributed by atoms with Gasteiger partial charge in [-0.25, -0.2) is 14.3 Å². The van der Waals surface area contributed by atoms with E-state index in [9.17, 15) is 9.59 Å². The summed E-state index contributed by atoms with van der Waals surface area (Å²) in [5.41, 5.74) is 0.314. The predicted molar refractivity (Wildman–Crippen MR) is 68.3 cm³/mol. The number of hydrogen-bond donors (Lipinski definition) is 1. The molecule has 0 atom stereocenters. The first-order valence-corrected chi connectivity index (χ1v) is 5.90. The molecule has 2 heterocycles. The minimum Gasteiger partial charge on any atom is -0.462 e. The molecule has 0 aromatic carbocycles. The lowest BCUT2D eigenvalue weighted by molar-refractivity contribution is -0.114. The van der Waals surface area contributed by atoms with Crippen LogP contribution in [0.5, 0.6) is 0 Å². The third-order valence-corrected chi connectivity index (χ3v) is 2.44. The molecule has 1 N–H and O–H groups in total. The van der Waals surface area contributed by atoms with Gasteiger partial charge in [0.1, 0.15) is 10.7 Å². The van der Waals surface area contributed by atoms with E-state index in [1.807, 2.05) is 0 Å². The number of ether oxygens (including phenoxy) is 1. The van der Waals surface area contributed by atoms with Crippen LogP contribution in [0.2, 0.25) is 5.15 Å². The highest BCUT2D eigenvalue weighted by Crippen LogP contribution is 2.21. The molecule has 0 aliphatic rings. The minimum absolute atomic E-state index is 0.0829. The van der Waals surface area contributed by atoms with E-state index in [-0.39, 0.29) is 34.7 Å². The summed E-state index contributed by atoms with van der Waals surface area (Å²) in [6, 6.07) is 1.52. The van der Waals surface area contributed by atoms with E-state index >= 15 is 0 Å². The SMILES string of the molecule is CCOC(=O)c1c(NC(C)=O)nn2ccc(Cl)nc12. The summed E-state index contributed by atoms with van der Waals surface area (Å²) >= 11 is 5.80. The fourth-order valence-electron chi connectivity index (χ4n) is 1.55. The van der Waals surface area contributed by atoms with Crippen LogP contribution in [-0.2, 0) is 9.53 Å². The topological polar surface area (TPSA) is 85.6 Å². The molecule has 19 heavy (non-hydrogen) atoms. The second kappa shape index (κ2) is 5.23. The number of nitrogens with one attached hydrogen (secondary N) is 1. The third kappa shape index (κ3) is 2.65. The van der Waals surface area contributed by atoms with Gasteiger partial charge >= 0.3 is 5.97 Å². The first kappa shape index (κ1) is 13.3. The van der Waals surface area contributed by atoms with Crippen LogP contribution in [0.4, 0.5) is 5.82 Å². The zero-order valence-corrected chi connectivity index (χ0v) is 11.1. The van der Waals surface area contributed by atoms with Crippen LogP contribution in [0.1, 0.15) is 24.2 Å². The summed E-state index contributed by atoms with van der Waals surface area (Å²) in [4.78, 5) is 27.1. The molecule has 2 aromatic rings. The summed E-state index contributed by atoms with van der Waals surface area (Å²) in [5.74, 6) is -0.864. The van der Waals surface area contributed by atoms with Crippen LogP contribution in [0.3, 0.4) is 0 Å². The highest BCUT2D eigenvalue weighted by molar-refractivity contribution is 6.29. The molecule has 2 aromatic heterocycles. The van der Waals surface area contributed by atoms with E-state index in [0.717, 1.165) is 0 Å². The largest absolute Gasteiger partial charge is 0.462 e. The third-order valence-electron chi connectivity index (χ3n) is 2.23. The van der Waals surface area contributed by atoms with Gasteiger partial charge in [0.15, 0.2) is 11.5 Å². The van der Waals surface area contributed by atoms with Gasteiger partial charge in [0.2, 0.25) is 5.91 Å². The van der Waals surface area contributed by atoms with Crippen molar-refractivity contribution in [2.45, 2.75) is 13.8 Å². The Kier molecular flexibility index (Phi) is 3.66. The maximum Gasteiger partial charge on any atom is 0.345 e. The number of rotatable bonds is 3. The molecule has 7 nitrogen and oxygen atoms in total. The van der Waals surface area contributed by atoms with Gasteiger partial charge in [-0.2, -0.15) is 0 Å². The summed E-state index contributed by atoms with van der Waals surface area (Å²) in [5, 5.41) is 6.74. The average molecular weight is 283 g/mol. The number of fused-ring (bicyclic) bond motifs is 1. The standard InChI is InChI=1S/C11H11ClN4O3/c1-3-19-11(18)8-9(13-6(2)17)15-16-5-4-7(12)14-10(8)16/h4-5H,3H2,1-2H3,(H,13,15,17). The monoisotopic (exact) mass is 282 g/mol. The fourth-order valence-corrected chi connectivity index (χ4v) is 1.69. The molecule has 0 saturated carbocycles. The van der Waals surface area contributed by atoms with Crippen molar-refractivity contribution < 1.29 is 14.3 Å². The van der Waals surface area contributed by atoms with Crippen molar-refractivity contribution in [1.29, 1.82) is 0 Å². The molecule has 0 bridgehead atoms. The highest BCUT2D eigenvalue weighted by Gasteiger charge is 2.23. The molecule has 0 spiro atoms. The molecule has 0 aliphatic carbocycles. The second-order valence-corrected chi connectivity index (χ2v) is 4.03. The molecule has 0 radical (unpaired) electrons. The van der Waals surface area contributed by atoms with E-state index in [0.29, 0.717) is 0 Å². The van der Waals surface area contributed by atoms with E-state index < -0.39 is 5.97 Å². The van der Waals surface area contributed by atoms with E-state index in [1.165, 1.54) is 17.5 Å². The molecule has 0 unspecified atom stereocenters. The smallest absolute Gasteiger partial charge is 0.345 e. The summed E-state index contributed by atoms with van der Waals surface area (Å²) in [6.07, 6.45) is 1.54. The van der Waals surface area contributed by atoms with Gasteiger partial charge in [-0.05, 0) is 13.0 Å². The molecular formula is C11H11ClN4O3. The molecule has 100 valence electrons. The second-order valence-electron chi connectivity index (χ2n) is 3.64. The van der Waals surface area contributed by atoms with Crippen molar-refractivity contribution >= 4 is 34.9 Å². The summed E-state index contributed by atoms with van der Waals surface area (Å²) in [6.45, 7) is 3.21. The van der Waals surface area contributed by atoms with Crippen molar-refractivity contribution in [1.82, 2.24) is 14.6 Å². The van der Waals surface area contributed by atoms with Crippen LogP contribution in [0.25, 0.3) is 5.65 Å². The Morgan fingerprint density at radius 3 is 2.89 bits per heavy atom. The van der Waals surface area contributed by atoms with Gasteiger partial charge in [0.25, 0.3) is 0 Å². The van der Waals surface area contributed by atoms with Crippen molar-refractivity contribution in [3.63, 3.8) is 0 Å². The van der Waals surface area contributed by atoms with Gasteiger partial charge in [0.05, 0.1) is 6.61 Å². The molecule has 0 fully saturated rings. The molecule has 2 rings (SSSR count). The fraction of sp³-hybridized carbons (Fsp3) is 0.273. The Bertz CT molecular complexity index is 653. The minimum atomic E-state index is -0.615. The lowest BCUT2D eigenvalue weighted by Gasteiger charge is -2.02. The van der Waals surface area contributed by atoms with Crippen molar-refractivity contribution in [2.75, 3.05) is 11.9 Å². The van der Waals surface area contributed by atoms with Crippen molar-refractivity contribution in [2.24, 2.45) is 0 Å². The van der Waals surface area contributed by atoms with Gasteiger partial charge < -0.3 is 10.1 Å². The Balaban J connectivity index is 2.62. The van der Waals surface area contributed by atoms with Crippen LogP contribution < -0.4 is 5.32 Å². The lowest BCUT2D eigenvalue weighted by atomic mass is 10.3. The molecule has 8 heteroatoms. The number of nitrogens with zero attached hydrogens (tertiary/aromatic N) is 3. The zero-order valence-electron chi connectivity index (χ0n) is 10.3. The molecule has 1 amide bonds. The van der Waals surface area contributed by atoms with Crippen LogP contribution >= 0.6 is 11.6 Å². The van der Waals surface area contributed by atoms with Crippen LogP contribution in [0.15, 0.2) is 12.3 Å². The Morgan fingerprint density at radius 2 is 2.26 bits per heavy atom. The van der Waals surface area contributed by atoms with Gasteiger partial charge in [-0.3, -0.25) is 4.79 Å². The van der Waals surface area contributed by atoms with E-state index in [4.69, 9.17) is 16.3 Å². The van der Waals surface area contributed by atoms with Gasteiger partial charge in [-0.1, -0.05) is 11.6 Å². The number of aromatic nitrogens is 3. The quantitative estimate of drug-likeness (QED) is 0.681. The van der Waals surface area contributed by atoms with E-state index in [2.05, 4.69) is 15.4 Å². The molecule has 0 saturated heterocycles. The first-order chi connectivity index (χ1) is 9.02. The summed E-state index contributed by atoms with van der Waals surface area (Å²) in [7, 11) is 0. The predicted octanol–water partition coefficient (Wildman–Crippen LogP) is 1.52. The van der Waals surface area contributed by atoms with E-state index in [1.54, 1.807) is 13.1 Å². The Hall–Kier alpha value is -2.15. The maximum atomic E-state index is 11.9. The zero-order chi connectivity index (χ0) is 14.0. The number of carbonyl (C=O) groups excluding carboxylic acids is 2. The number of carbonyl (C=O) groups is 2. The molecular weight excluding hydrogens is 272 g/mol. The van der Waals surface area contributed by atoms with Crippen molar-refractivity contribution in [3.05, 3.63) is 23.0 Å². The molecule has 0 aliphatic heterocycles. The normalized spacial score (nSPS) is 10.5. The number of anilines is 1. The highest BCUT2D eigenvalue weighted by atomic mass is 35.5. The van der Waals surface area contributed by atoms with Crippen LogP contribution in [0, 0.1) is 0 Å². The maximum absolute atomic E-state index is 11.9. The lowest BCUT2D eigenvalue weighted by Crippen LogP contribution is -2.12.